The van der Waals surface area contributed by atoms with E-state index >= 15 is 0 Å². The van der Waals surface area contributed by atoms with E-state index < -0.39 is 6.10 Å². The van der Waals surface area contributed by atoms with Crippen LogP contribution < -0.4 is 9.80 Å². The van der Waals surface area contributed by atoms with E-state index in [1.54, 1.807) is 30.3 Å². The first-order chi connectivity index (χ1) is 23.1. The van der Waals surface area contributed by atoms with Crippen molar-refractivity contribution in [3.63, 3.8) is 0 Å². The molecule has 1 unspecified atom stereocenters. The van der Waals surface area contributed by atoms with Crippen molar-refractivity contribution < 1.29 is 25.2 Å². The molecular formula is C40H36N2O5. The second kappa shape index (κ2) is 14.7. The molecule has 0 aromatic heterocycles. The molecule has 1 atom stereocenters. The Labute approximate surface area is 274 Å². The number of nitrogens with zero attached hydrogens (tertiary/aromatic N) is 2. The summed E-state index contributed by atoms with van der Waals surface area (Å²) in [6, 6.07) is 48.1. The fraction of sp³-hybridized carbons (Fsp3) is 0.100. The Balaban J connectivity index is 1.45. The second-order valence-electron chi connectivity index (χ2n) is 11.0. The molecule has 236 valence electrons. The van der Waals surface area contributed by atoms with Crippen LogP contribution in [0.2, 0.25) is 0 Å². The predicted octanol–water partition coefficient (Wildman–Crippen LogP) is 8.75. The number of hydrogen-bond acceptors (Lipinski definition) is 7. The molecule has 0 bridgehead atoms. The molecule has 4 N–H and O–H groups in total. The zero-order valence-electron chi connectivity index (χ0n) is 25.7. The van der Waals surface area contributed by atoms with E-state index in [-0.39, 0.29) is 31.3 Å². The van der Waals surface area contributed by atoms with Crippen LogP contribution in [0.1, 0.15) is 11.7 Å². The van der Waals surface area contributed by atoms with Gasteiger partial charge >= 0.3 is 0 Å². The first kappa shape index (κ1) is 31.4. The average Bonchev–Trinajstić information content (AvgIpc) is 3.10. The van der Waals surface area contributed by atoms with E-state index in [1.807, 2.05) is 126 Å². The maximum Gasteiger partial charge on any atom is 0.117 e. The molecule has 0 saturated heterocycles. The number of phenolic OH excluding ortho intramolecular Hbond substituents is 2. The Morgan fingerprint density at radius 1 is 0.489 bits per heavy atom. The standard InChI is InChI=1S/C40H36N2O5/c43-23-24-47-40(28-44)39-27-35(42(31-11-5-2-6-12-31)34-14-8-16-37(46)26-34)21-22-38(39)29-17-19-32(20-18-29)41(30-9-3-1-4-10-30)33-13-7-15-36(45)25-33/h1-22,25-27,40,43-46H,23-24,28H2. The highest BCUT2D eigenvalue weighted by molar-refractivity contribution is 5.82. The van der Waals surface area contributed by atoms with Gasteiger partial charge in [-0.05, 0) is 89.5 Å². The fourth-order valence-corrected chi connectivity index (χ4v) is 5.76. The van der Waals surface area contributed by atoms with Gasteiger partial charge in [0.15, 0.2) is 0 Å². The van der Waals surface area contributed by atoms with Crippen LogP contribution in [0.5, 0.6) is 11.5 Å². The number of aliphatic hydroxyl groups excluding tert-OH is 2. The van der Waals surface area contributed by atoms with Crippen molar-refractivity contribution in [3.8, 4) is 22.6 Å². The Morgan fingerprint density at radius 3 is 1.47 bits per heavy atom. The summed E-state index contributed by atoms with van der Waals surface area (Å²) in [6.45, 7) is -0.395. The van der Waals surface area contributed by atoms with Crippen molar-refractivity contribution in [1.29, 1.82) is 0 Å². The second-order valence-corrected chi connectivity index (χ2v) is 11.0. The fourth-order valence-electron chi connectivity index (χ4n) is 5.76. The maximum atomic E-state index is 10.5. The van der Waals surface area contributed by atoms with Crippen LogP contribution in [0.15, 0.2) is 152 Å². The Bertz CT molecular complexity index is 1900. The Morgan fingerprint density at radius 2 is 0.957 bits per heavy atom. The van der Waals surface area contributed by atoms with Gasteiger partial charge in [0.05, 0.1) is 19.8 Å². The van der Waals surface area contributed by atoms with Crippen molar-refractivity contribution in [2.24, 2.45) is 0 Å². The third kappa shape index (κ3) is 7.13. The van der Waals surface area contributed by atoms with Crippen LogP contribution in [-0.2, 0) is 4.74 Å². The van der Waals surface area contributed by atoms with Gasteiger partial charge in [0, 0.05) is 46.3 Å². The molecular weight excluding hydrogens is 588 g/mol. The highest BCUT2D eigenvalue weighted by Crippen LogP contribution is 2.41. The molecule has 7 heteroatoms. The van der Waals surface area contributed by atoms with Crippen LogP contribution in [-0.4, -0.2) is 40.2 Å². The van der Waals surface area contributed by atoms with Gasteiger partial charge < -0.3 is 35.0 Å². The van der Waals surface area contributed by atoms with Crippen LogP contribution in [0.3, 0.4) is 0 Å². The predicted molar refractivity (Wildman–Crippen MR) is 187 cm³/mol. The van der Waals surface area contributed by atoms with Crippen molar-refractivity contribution in [1.82, 2.24) is 0 Å². The number of para-hydroxylation sites is 2. The molecule has 0 radical (unpaired) electrons. The summed E-state index contributed by atoms with van der Waals surface area (Å²) >= 11 is 0. The third-order valence-corrected chi connectivity index (χ3v) is 7.86. The monoisotopic (exact) mass is 624 g/mol. The number of phenols is 2. The van der Waals surface area contributed by atoms with Gasteiger partial charge in [-0.1, -0.05) is 66.7 Å². The zero-order valence-corrected chi connectivity index (χ0v) is 25.7. The number of hydrogen-bond donors (Lipinski definition) is 4. The molecule has 0 heterocycles. The molecule has 0 saturated carbocycles. The molecule has 7 nitrogen and oxygen atoms in total. The van der Waals surface area contributed by atoms with Crippen molar-refractivity contribution in [2.75, 3.05) is 29.6 Å². The molecule has 0 spiro atoms. The summed E-state index contributed by atoms with van der Waals surface area (Å²) in [7, 11) is 0. The lowest BCUT2D eigenvalue weighted by atomic mass is 9.94. The van der Waals surface area contributed by atoms with Gasteiger partial charge in [-0.2, -0.15) is 0 Å². The number of ether oxygens (including phenoxy) is 1. The summed E-state index contributed by atoms with van der Waals surface area (Å²) in [5.41, 5.74) is 7.66. The molecule has 0 aliphatic carbocycles. The Hall–Kier alpha value is -5.60. The highest BCUT2D eigenvalue weighted by atomic mass is 16.5. The van der Waals surface area contributed by atoms with Crippen molar-refractivity contribution >= 4 is 34.1 Å². The lowest BCUT2D eigenvalue weighted by Gasteiger charge is -2.28. The zero-order chi connectivity index (χ0) is 32.6. The lowest BCUT2D eigenvalue weighted by molar-refractivity contribution is -0.00441. The van der Waals surface area contributed by atoms with Gasteiger partial charge in [-0.3, -0.25) is 0 Å². The number of aliphatic hydroxyl groups is 2. The SMILES string of the molecule is OCCOC(CO)c1cc(N(c2ccccc2)c2cccc(O)c2)ccc1-c1ccc(N(c2ccccc2)c2cccc(O)c2)cc1. The van der Waals surface area contributed by atoms with Gasteiger partial charge in [0.25, 0.3) is 0 Å². The minimum Gasteiger partial charge on any atom is -0.508 e. The molecule has 47 heavy (non-hydrogen) atoms. The van der Waals surface area contributed by atoms with E-state index in [0.717, 1.165) is 50.8 Å². The van der Waals surface area contributed by atoms with E-state index in [2.05, 4.69) is 4.90 Å². The Kier molecular flexibility index (Phi) is 9.79. The van der Waals surface area contributed by atoms with Gasteiger partial charge in [0.2, 0.25) is 0 Å². The molecule has 6 aromatic carbocycles. The van der Waals surface area contributed by atoms with Gasteiger partial charge in [0.1, 0.15) is 17.6 Å². The quantitative estimate of drug-likeness (QED) is 0.108. The van der Waals surface area contributed by atoms with Gasteiger partial charge in [-0.15, -0.1) is 0 Å². The van der Waals surface area contributed by atoms with E-state index in [9.17, 15) is 20.4 Å². The summed E-state index contributed by atoms with van der Waals surface area (Å²) in [5.74, 6) is 0.327. The van der Waals surface area contributed by atoms with Crippen LogP contribution in [0.25, 0.3) is 11.1 Å². The summed E-state index contributed by atoms with van der Waals surface area (Å²) in [4.78, 5) is 4.10. The molecule has 0 amide bonds. The van der Waals surface area contributed by atoms with E-state index in [4.69, 9.17) is 4.74 Å². The maximum absolute atomic E-state index is 10.5. The minimum absolute atomic E-state index is 0.0682. The first-order valence-corrected chi connectivity index (χ1v) is 15.4. The number of aromatic hydroxyl groups is 2. The van der Waals surface area contributed by atoms with Crippen molar-refractivity contribution in [3.05, 3.63) is 157 Å². The largest absolute Gasteiger partial charge is 0.508 e. The smallest absolute Gasteiger partial charge is 0.117 e. The first-order valence-electron chi connectivity index (χ1n) is 15.4. The van der Waals surface area contributed by atoms with E-state index in [0.29, 0.717) is 0 Å². The minimum atomic E-state index is -0.702. The molecule has 0 aliphatic heterocycles. The topological polar surface area (TPSA) is 96.6 Å². The van der Waals surface area contributed by atoms with Crippen LogP contribution in [0.4, 0.5) is 34.1 Å². The van der Waals surface area contributed by atoms with Crippen LogP contribution in [0, 0.1) is 0 Å². The molecule has 0 aliphatic rings. The lowest BCUT2D eigenvalue weighted by Crippen LogP contribution is -2.15. The molecule has 6 aromatic rings. The summed E-state index contributed by atoms with van der Waals surface area (Å²) in [5, 5.41) is 40.6. The number of benzene rings is 6. The normalized spacial score (nSPS) is 11.6. The summed E-state index contributed by atoms with van der Waals surface area (Å²) < 4.78 is 5.95. The van der Waals surface area contributed by atoms with Crippen LogP contribution >= 0.6 is 0 Å². The molecule has 0 fully saturated rings. The number of anilines is 6. The van der Waals surface area contributed by atoms with Gasteiger partial charge in [-0.25, -0.2) is 0 Å². The molecule has 6 rings (SSSR count). The third-order valence-electron chi connectivity index (χ3n) is 7.86. The highest BCUT2D eigenvalue weighted by Gasteiger charge is 2.21. The number of rotatable bonds is 12. The average molecular weight is 625 g/mol. The summed E-state index contributed by atoms with van der Waals surface area (Å²) in [6.07, 6.45) is -0.702. The van der Waals surface area contributed by atoms with E-state index in [1.165, 1.54) is 0 Å². The van der Waals surface area contributed by atoms with Crippen molar-refractivity contribution in [2.45, 2.75) is 6.10 Å².